The van der Waals surface area contributed by atoms with Crippen molar-refractivity contribution in [2.75, 3.05) is 13.2 Å². The van der Waals surface area contributed by atoms with Crippen LogP contribution in [0.5, 0.6) is 0 Å². The van der Waals surface area contributed by atoms with Gasteiger partial charge in [-0.3, -0.25) is 4.79 Å². The van der Waals surface area contributed by atoms with E-state index in [1.807, 2.05) is 6.08 Å². The first-order chi connectivity index (χ1) is 10.3. The van der Waals surface area contributed by atoms with Gasteiger partial charge in [-0.1, -0.05) is 77.2 Å². The van der Waals surface area contributed by atoms with Crippen LogP contribution in [-0.2, 0) is 4.79 Å². The van der Waals surface area contributed by atoms with E-state index in [-0.39, 0.29) is 12.5 Å². The van der Waals surface area contributed by atoms with Gasteiger partial charge in [-0.05, 0) is 18.9 Å². The molecule has 0 atom stereocenters. The molecule has 0 saturated carbocycles. The highest BCUT2D eigenvalue weighted by molar-refractivity contribution is 5.87. The summed E-state index contributed by atoms with van der Waals surface area (Å²) in [6.07, 6.45) is 19.3. The summed E-state index contributed by atoms with van der Waals surface area (Å²) in [5, 5.41) is 11.2. The van der Waals surface area contributed by atoms with Gasteiger partial charge in [0.1, 0.15) is 0 Å². The van der Waals surface area contributed by atoms with Crippen LogP contribution in [0.25, 0.3) is 0 Å². The number of nitrogens with one attached hydrogen (secondary N) is 1. The predicted molar refractivity (Wildman–Crippen MR) is 90.3 cm³/mol. The lowest BCUT2D eigenvalue weighted by atomic mass is 10.1. The summed E-state index contributed by atoms with van der Waals surface area (Å²) in [5.41, 5.74) is 0. The van der Waals surface area contributed by atoms with Crippen molar-refractivity contribution in [3.05, 3.63) is 12.2 Å². The van der Waals surface area contributed by atoms with Crippen molar-refractivity contribution in [3.63, 3.8) is 0 Å². The molecule has 0 aliphatic carbocycles. The molecule has 0 aromatic heterocycles. The Balaban J connectivity index is 3.15. The molecule has 0 bridgehead atoms. The highest BCUT2D eigenvalue weighted by Crippen LogP contribution is 2.11. The number of unbranched alkanes of at least 4 members (excludes halogenated alkanes) is 11. The van der Waals surface area contributed by atoms with Crippen molar-refractivity contribution >= 4 is 5.91 Å². The van der Waals surface area contributed by atoms with Gasteiger partial charge in [-0.25, -0.2) is 0 Å². The Morgan fingerprint density at radius 2 is 1.43 bits per heavy atom. The Hall–Kier alpha value is -0.830. The third-order valence-corrected chi connectivity index (χ3v) is 3.65. The molecule has 2 N–H and O–H groups in total. The van der Waals surface area contributed by atoms with Crippen LogP contribution in [-0.4, -0.2) is 24.2 Å². The molecule has 3 nitrogen and oxygen atoms in total. The zero-order valence-electron chi connectivity index (χ0n) is 13.9. The molecule has 0 fully saturated rings. The first-order valence-corrected chi connectivity index (χ1v) is 8.86. The van der Waals surface area contributed by atoms with Gasteiger partial charge in [0.05, 0.1) is 6.61 Å². The molecule has 0 aliphatic heterocycles. The van der Waals surface area contributed by atoms with Gasteiger partial charge < -0.3 is 10.4 Å². The first-order valence-electron chi connectivity index (χ1n) is 8.86. The maximum Gasteiger partial charge on any atom is 0.243 e. The molecule has 0 heterocycles. The molecule has 21 heavy (non-hydrogen) atoms. The second kappa shape index (κ2) is 17.2. The van der Waals surface area contributed by atoms with Crippen LogP contribution >= 0.6 is 0 Å². The van der Waals surface area contributed by atoms with E-state index in [4.69, 9.17) is 5.11 Å². The van der Waals surface area contributed by atoms with Gasteiger partial charge in [-0.15, -0.1) is 0 Å². The molecule has 0 aromatic rings. The van der Waals surface area contributed by atoms with Crippen molar-refractivity contribution in [1.29, 1.82) is 0 Å². The number of rotatable bonds is 15. The second-order valence-corrected chi connectivity index (χ2v) is 5.74. The minimum Gasteiger partial charge on any atom is -0.395 e. The molecular formula is C18H35NO2. The largest absolute Gasteiger partial charge is 0.395 e. The number of carbonyl (C=O) groups excluding carboxylic acids is 1. The van der Waals surface area contributed by atoms with Crippen LogP contribution in [0, 0.1) is 0 Å². The number of hydrogen-bond donors (Lipinski definition) is 2. The van der Waals surface area contributed by atoms with E-state index in [0.717, 1.165) is 6.42 Å². The Kier molecular flexibility index (Phi) is 16.5. The highest BCUT2D eigenvalue weighted by Gasteiger charge is 1.94. The van der Waals surface area contributed by atoms with E-state index in [9.17, 15) is 4.79 Å². The molecule has 0 saturated heterocycles. The molecule has 0 aliphatic rings. The van der Waals surface area contributed by atoms with E-state index in [1.165, 1.54) is 70.6 Å². The first kappa shape index (κ1) is 20.2. The van der Waals surface area contributed by atoms with Gasteiger partial charge in [0.25, 0.3) is 0 Å². The van der Waals surface area contributed by atoms with Crippen LogP contribution in [0.15, 0.2) is 12.2 Å². The van der Waals surface area contributed by atoms with Crippen molar-refractivity contribution in [3.8, 4) is 0 Å². The highest BCUT2D eigenvalue weighted by atomic mass is 16.3. The summed E-state index contributed by atoms with van der Waals surface area (Å²) in [6, 6.07) is 0. The van der Waals surface area contributed by atoms with Gasteiger partial charge in [-0.2, -0.15) is 0 Å². The fourth-order valence-corrected chi connectivity index (χ4v) is 2.35. The summed E-state index contributed by atoms with van der Waals surface area (Å²) >= 11 is 0. The third kappa shape index (κ3) is 17.1. The molecular weight excluding hydrogens is 262 g/mol. The maximum atomic E-state index is 11.2. The van der Waals surface area contributed by atoms with E-state index in [2.05, 4.69) is 12.2 Å². The maximum absolute atomic E-state index is 11.2. The average molecular weight is 297 g/mol. The van der Waals surface area contributed by atoms with E-state index in [0.29, 0.717) is 6.54 Å². The van der Waals surface area contributed by atoms with E-state index < -0.39 is 0 Å². The molecule has 0 rings (SSSR count). The number of amides is 1. The molecule has 0 unspecified atom stereocenters. The summed E-state index contributed by atoms with van der Waals surface area (Å²) in [4.78, 5) is 11.2. The molecule has 3 heteroatoms. The molecule has 0 radical (unpaired) electrons. The Morgan fingerprint density at radius 3 is 1.95 bits per heavy atom. The summed E-state index contributed by atoms with van der Waals surface area (Å²) in [7, 11) is 0. The van der Waals surface area contributed by atoms with Gasteiger partial charge >= 0.3 is 0 Å². The summed E-state index contributed by atoms with van der Waals surface area (Å²) < 4.78 is 0. The van der Waals surface area contributed by atoms with Crippen LogP contribution in [0.2, 0.25) is 0 Å². The number of allylic oxidation sites excluding steroid dienone is 1. The molecule has 0 aromatic carbocycles. The fraction of sp³-hybridized carbons (Fsp3) is 0.833. The van der Waals surface area contributed by atoms with Crippen LogP contribution in [0.1, 0.15) is 84.0 Å². The van der Waals surface area contributed by atoms with Gasteiger partial charge in [0.15, 0.2) is 0 Å². The normalized spacial score (nSPS) is 11.1. The van der Waals surface area contributed by atoms with Crippen molar-refractivity contribution in [2.24, 2.45) is 0 Å². The third-order valence-electron chi connectivity index (χ3n) is 3.65. The number of carbonyl (C=O) groups is 1. The Labute approximate surface area is 131 Å². The van der Waals surface area contributed by atoms with Crippen molar-refractivity contribution in [1.82, 2.24) is 5.32 Å². The summed E-state index contributed by atoms with van der Waals surface area (Å²) in [5.74, 6) is -0.105. The quantitative estimate of drug-likeness (QED) is 0.349. The van der Waals surface area contributed by atoms with E-state index in [1.54, 1.807) is 6.08 Å². The van der Waals surface area contributed by atoms with Crippen LogP contribution in [0.3, 0.4) is 0 Å². The van der Waals surface area contributed by atoms with Crippen molar-refractivity contribution in [2.45, 2.75) is 84.0 Å². The average Bonchev–Trinajstić information content (AvgIpc) is 2.49. The fourth-order valence-electron chi connectivity index (χ4n) is 2.35. The number of hydrogen-bond acceptors (Lipinski definition) is 2. The van der Waals surface area contributed by atoms with Crippen LogP contribution < -0.4 is 5.32 Å². The minimum atomic E-state index is -0.105. The SMILES string of the molecule is CCCCCCCCCCCCCC=CC(=O)NCCO. The second-order valence-electron chi connectivity index (χ2n) is 5.74. The van der Waals surface area contributed by atoms with Gasteiger partial charge in [0.2, 0.25) is 5.91 Å². The molecule has 0 spiro atoms. The monoisotopic (exact) mass is 297 g/mol. The zero-order valence-corrected chi connectivity index (χ0v) is 13.9. The molecule has 1 amide bonds. The van der Waals surface area contributed by atoms with Crippen LogP contribution in [0.4, 0.5) is 0 Å². The topological polar surface area (TPSA) is 49.3 Å². The lowest BCUT2D eigenvalue weighted by Gasteiger charge is -2.01. The standard InChI is InChI=1S/C18H35NO2/c1-2-3-4-5-6-7-8-9-10-11-12-13-14-15-18(21)19-16-17-20/h14-15,20H,2-13,16-17H2,1H3,(H,19,21). The van der Waals surface area contributed by atoms with E-state index >= 15 is 0 Å². The van der Waals surface area contributed by atoms with Gasteiger partial charge in [0, 0.05) is 6.54 Å². The zero-order chi connectivity index (χ0) is 15.6. The minimum absolute atomic E-state index is 0.00180. The van der Waals surface area contributed by atoms with Crippen molar-refractivity contribution < 1.29 is 9.90 Å². The molecule has 124 valence electrons. The lowest BCUT2D eigenvalue weighted by molar-refractivity contribution is -0.116. The lowest BCUT2D eigenvalue weighted by Crippen LogP contribution is -2.24. The smallest absolute Gasteiger partial charge is 0.243 e. The predicted octanol–water partition coefficient (Wildman–Crippen LogP) is 4.35. The number of aliphatic hydroxyl groups is 1. The number of aliphatic hydroxyl groups excluding tert-OH is 1. The Bertz CT molecular complexity index is 252. The summed E-state index contributed by atoms with van der Waals surface area (Å²) in [6.45, 7) is 2.59. The Morgan fingerprint density at radius 1 is 0.905 bits per heavy atom.